The molecular formula is C16H23BrN2O2. The van der Waals surface area contributed by atoms with Crippen molar-refractivity contribution in [3.63, 3.8) is 0 Å². The fraction of sp³-hybridized carbons (Fsp3) is 0.562. The van der Waals surface area contributed by atoms with Gasteiger partial charge in [0, 0.05) is 24.7 Å². The molecule has 0 bridgehead atoms. The molecule has 1 aliphatic rings. The van der Waals surface area contributed by atoms with Gasteiger partial charge in [-0.3, -0.25) is 4.79 Å². The first-order valence-electron chi connectivity index (χ1n) is 7.52. The lowest BCUT2D eigenvalue weighted by atomic mass is 10.0. The third kappa shape index (κ3) is 4.20. The molecule has 5 heteroatoms. The Bertz CT molecular complexity index is 487. The van der Waals surface area contributed by atoms with E-state index in [4.69, 9.17) is 4.74 Å². The van der Waals surface area contributed by atoms with E-state index in [0.717, 1.165) is 36.3 Å². The molecule has 1 aromatic rings. The predicted molar refractivity (Wildman–Crippen MR) is 87.9 cm³/mol. The van der Waals surface area contributed by atoms with Gasteiger partial charge in [0.2, 0.25) is 0 Å². The maximum Gasteiger partial charge on any atom is 0.253 e. The zero-order chi connectivity index (χ0) is 15.2. The Labute approximate surface area is 135 Å². The molecular weight excluding hydrogens is 332 g/mol. The monoisotopic (exact) mass is 354 g/mol. The lowest BCUT2D eigenvalue weighted by Crippen LogP contribution is -2.45. The summed E-state index contributed by atoms with van der Waals surface area (Å²) in [6.07, 6.45) is 3.63. The van der Waals surface area contributed by atoms with Gasteiger partial charge in [-0.05, 0) is 60.4 Å². The van der Waals surface area contributed by atoms with Crippen molar-refractivity contribution < 1.29 is 9.53 Å². The first-order chi connectivity index (χ1) is 10.2. The normalized spacial score (nSPS) is 18.3. The number of likely N-dealkylation sites (N-methyl/N-ethyl adjacent to an activating group) is 1. The predicted octanol–water partition coefficient (Wildman–Crippen LogP) is 3.06. The molecule has 0 aliphatic carbocycles. The average Bonchev–Trinajstić information content (AvgIpc) is 2.53. The number of amides is 1. The molecule has 1 aliphatic heterocycles. The summed E-state index contributed by atoms with van der Waals surface area (Å²) in [6.45, 7) is 4.59. The number of rotatable bonds is 5. The number of hydrogen-bond acceptors (Lipinski definition) is 3. The van der Waals surface area contributed by atoms with Crippen LogP contribution in [0.2, 0.25) is 0 Å². The molecule has 1 unspecified atom stereocenters. The van der Waals surface area contributed by atoms with Crippen LogP contribution in [0.15, 0.2) is 22.7 Å². The SMILES string of the molecule is CCN(CC1CCCCN1)C(=O)c1ccc(OC)c(Br)c1. The van der Waals surface area contributed by atoms with Crippen molar-refractivity contribution in [2.75, 3.05) is 26.7 Å². The van der Waals surface area contributed by atoms with Gasteiger partial charge in [0.1, 0.15) is 5.75 Å². The van der Waals surface area contributed by atoms with E-state index in [1.165, 1.54) is 12.8 Å². The van der Waals surface area contributed by atoms with Gasteiger partial charge in [-0.1, -0.05) is 6.42 Å². The van der Waals surface area contributed by atoms with Gasteiger partial charge in [0.15, 0.2) is 0 Å². The number of halogens is 1. The number of methoxy groups -OCH3 is 1. The Balaban J connectivity index is 2.06. The first-order valence-corrected chi connectivity index (χ1v) is 8.31. The molecule has 0 radical (unpaired) electrons. The molecule has 4 nitrogen and oxygen atoms in total. The summed E-state index contributed by atoms with van der Waals surface area (Å²) in [5.74, 6) is 0.816. The molecule has 1 saturated heterocycles. The molecule has 0 aromatic heterocycles. The lowest BCUT2D eigenvalue weighted by Gasteiger charge is -2.30. The standard InChI is InChI=1S/C16H23BrN2O2/c1-3-19(11-13-6-4-5-9-18-13)16(20)12-7-8-15(21-2)14(17)10-12/h7-8,10,13,18H,3-6,9,11H2,1-2H3. The summed E-state index contributed by atoms with van der Waals surface area (Å²) in [5.41, 5.74) is 0.695. The molecule has 1 heterocycles. The van der Waals surface area contributed by atoms with Gasteiger partial charge in [0.05, 0.1) is 11.6 Å². The van der Waals surface area contributed by atoms with Gasteiger partial charge < -0.3 is 15.0 Å². The molecule has 1 aromatic carbocycles. The largest absolute Gasteiger partial charge is 0.496 e. The van der Waals surface area contributed by atoms with E-state index >= 15 is 0 Å². The molecule has 0 spiro atoms. The number of nitrogens with zero attached hydrogens (tertiary/aromatic N) is 1. The highest BCUT2D eigenvalue weighted by Crippen LogP contribution is 2.26. The average molecular weight is 355 g/mol. The van der Waals surface area contributed by atoms with Gasteiger partial charge in [-0.15, -0.1) is 0 Å². The summed E-state index contributed by atoms with van der Waals surface area (Å²) < 4.78 is 6.01. The quantitative estimate of drug-likeness (QED) is 0.883. The van der Waals surface area contributed by atoms with Crippen LogP contribution in [0.4, 0.5) is 0 Å². The number of carbonyl (C=O) groups excluding carboxylic acids is 1. The lowest BCUT2D eigenvalue weighted by molar-refractivity contribution is 0.0741. The van der Waals surface area contributed by atoms with E-state index in [9.17, 15) is 4.79 Å². The number of hydrogen-bond donors (Lipinski definition) is 1. The van der Waals surface area contributed by atoms with E-state index in [1.54, 1.807) is 7.11 Å². The van der Waals surface area contributed by atoms with E-state index in [-0.39, 0.29) is 5.91 Å². The van der Waals surface area contributed by atoms with Crippen molar-refractivity contribution >= 4 is 21.8 Å². The van der Waals surface area contributed by atoms with Crippen LogP contribution in [0.1, 0.15) is 36.5 Å². The van der Waals surface area contributed by atoms with Gasteiger partial charge in [0.25, 0.3) is 5.91 Å². The molecule has 21 heavy (non-hydrogen) atoms. The third-order valence-corrected chi connectivity index (χ3v) is 4.54. The number of benzene rings is 1. The summed E-state index contributed by atoms with van der Waals surface area (Å²) in [6, 6.07) is 5.90. The maximum atomic E-state index is 12.6. The molecule has 1 atom stereocenters. The Kier molecular flexibility index (Phi) is 6.06. The summed E-state index contributed by atoms with van der Waals surface area (Å²) >= 11 is 3.44. The molecule has 2 rings (SSSR count). The minimum Gasteiger partial charge on any atom is -0.496 e. The van der Waals surface area contributed by atoms with Crippen LogP contribution in [0.3, 0.4) is 0 Å². The highest BCUT2D eigenvalue weighted by Gasteiger charge is 2.21. The molecule has 1 fully saturated rings. The van der Waals surface area contributed by atoms with Crippen molar-refractivity contribution in [2.24, 2.45) is 0 Å². The van der Waals surface area contributed by atoms with Crippen molar-refractivity contribution in [2.45, 2.75) is 32.2 Å². The third-order valence-electron chi connectivity index (χ3n) is 3.92. The van der Waals surface area contributed by atoms with Crippen LogP contribution in [-0.4, -0.2) is 43.6 Å². The van der Waals surface area contributed by atoms with E-state index in [2.05, 4.69) is 21.2 Å². The van der Waals surface area contributed by atoms with Crippen molar-refractivity contribution in [3.8, 4) is 5.75 Å². The van der Waals surface area contributed by atoms with E-state index in [1.807, 2.05) is 30.0 Å². The van der Waals surface area contributed by atoms with Crippen LogP contribution < -0.4 is 10.1 Å². The van der Waals surface area contributed by atoms with Crippen LogP contribution in [0.25, 0.3) is 0 Å². The highest BCUT2D eigenvalue weighted by atomic mass is 79.9. The zero-order valence-corrected chi connectivity index (χ0v) is 14.3. The van der Waals surface area contributed by atoms with Gasteiger partial charge in [-0.25, -0.2) is 0 Å². The maximum absolute atomic E-state index is 12.6. The van der Waals surface area contributed by atoms with Crippen molar-refractivity contribution in [3.05, 3.63) is 28.2 Å². The first kappa shape index (κ1) is 16.3. The summed E-state index contributed by atoms with van der Waals surface area (Å²) in [5, 5.41) is 3.50. The topological polar surface area (TPSA) is 41.6 Å². The second kappa shape index (κ2) is 7.80. The second-order valence-corrected chi connectivity index (χ2v) is 6.19. The summed E-state index contributed by atoms with van der Waals surface area (Å²) in [7, 11) is 1.62. The highest BCUT2D eigenvalue weighted by molar-refractivity contribution is 9.10. The fourth-order valence-electron chi connectivity index (χ4n) is 2.68. The van der Waals surface area contributed by atoms with Crippen LogP contribution in [-0.2, 0) is 0 Å². The second-order valence-electron chi connectivity index (χ2n) is 5.34. The van der Waals surface area contributed by atoms with E-state index in [0.29, 0.717) is 11.6 Å². The van der Waals surface area contributed by atoms with Crippen molar-refractivity contribution in [1.29, 1.82) is 0 Å². The number of piperidine rings is 1. The molecule has 1 N–H and O–H groups in total. The Morgan fingerprint density at radius 3 is 2.86 bits per heavy atom. The Hall–Kier alpha value is -1.07. The number of nitrogens with one attached hydrogen (secondary N) is 1. The van der Waals surface area contributed by atoms with Gasteiger partial charge >= 0.3 is 0 Å². The molecule has 116 valence electrons. The smallest absolute Gasteiger partial charge is 0.253 e. The van der Waals surface area contributed by atoms with Crippen LogP contribution in [0.5, 0.6) is 5.75 Å². The fourth-order valence-corrected chi connectivity index (χ4v) is 3.22. The minimum atomic E-state index is 0.0771. The zero-order valence-electron chi connectivity index (χ0n) is 12.7. The Morgan fingerprint density at radius 2 is 2.29 bits per heavy atom. The molecule has 1 amide bonds. The van der Waals surface area contributed by atoms with Crippen molar-refractivity contribution in [1.82, 2.24) is 10.2 Å². The summed E-state index contributed by atoms with van der Waals surface area (Å²) in [4.78, 5) is 14.6. The van der Waals surface area contributed by atoms with Crippen LogP contribution >= 0.6 is 15.9 Å². The van der Waals surface area contributed by atoms with Crippen LogP contribution in [0, 0.1) is 0 Å². The van der Waals surface area contributed by atoms with Gasteiger partial charge in [-0.2, -0.15) is 0 Å². The molecule has 0 saturated carbocycles. The Morgan fingerprint density at radius 1 is 1.48 bits per heavy atom. The van der Waals surface area contributed by atoms with E-state index < -0.39 is 0 Å². The minimum absolute atomic E-state index is 0.0771. The number of ether oxygens (including phenoxy) is 1. The number of carbonyl (C=O) groups is 1.